The number of esters is 2. The summed E-state index contributed by atoms with van der Waals surface area (Å²) in [7, 11) is 0. The number of hydrogen-bond donors (Lipinski definition) is 2. The fraction of sp³-hybridized carbons (Fsp3) is 0.867. The topological polar surface area (TPSA) is 136 Å². The van der Waals surface area contributed by atoms with E-state index in [4.69, 9.17) is 14.2 Å². The minimum Gasteiger partial charge on any atom is -0.481 e. The molecule has 2 aliphatic carbocycles. The van der Waals surface area contributed by atoms with E-state index in [0.717, 1.165) is 38.5 Å². The van der Waals surface area contributed by atoms with Gasteiger partial charge < -0.3 is 24.4 Å². The molecule has 4 rings (SSSR count). The minimum absolute atomic E-state index is 0.156. The zero-order chi connectivity index (χ0) is 28.0. The Bertz CT molecular complexity index is 806. The van der Waals surface area contributed by atoms with E-state index in [1.165, 1.54) is 0 Å². The maximum atomic E-state index is 14.3. The molecule has 39 heavy (non-hydrogen) atoms. The minimum atomic E-state index is -1.80. The van der Waals surface area contributed by atoms with Crippen LogP contribution in [0.3, 0.4) is 0 Å². The van der Waals surface area contributed by atoms with Gasteiger partial charge in [0.15, 0.2) is 11.2 Å². The Hall–Kier alpha value is -2.00. The molecule has 9 nitrogen and oxygen atoms in total. The van der Waals surface area contributed by atoms with Crippen LogP contribution in [-0.4, -0.2) is 58.5 Å². The molecule has 9 heteroatoms. The molecule has 2 aliphatic heterocycles. The second-order valence-corrected chi connectivity index (χ2v) is 12.3. The summed E-state index contributed by atoms with van der Waals surface area (Å²) in [5, 5.41) is 21.2. The Kier molecular flexibility index (Phi) is 9.74. The lowest BCUT2D eigenvalue weighted by Gasteiger charge is -2.47. The van der Waals surface area contributed by atoms with Crippen LogP contribution < -0.4 is 0 Å². The fourth-order valence-corrected chi connectivity index (χ4v) is 7.90. The van der Waals surface area contributed by atoms with Crippen LogP contribution in [0.25, 0.3) is 0 Å². The second kappa shape index (κ2) is 12.7. The van der Waals surface area contributed by atoms with Crippen molar-refractivity contribution >= 4 is 23.9 Å². The van der Waals surface area contributed by atoms with Crippen molar-refractivity contribution in [1.82, 2.24) is 0 Å². The SMILES string of the molecule is O=C(O)C1(C2(C(=O)OC(=O)C3(C4(C(=O)O)CCCCCC4)CCCCCO3)CCCCCO2)CCCCCC1. The average molecular weight is 551 g/mol. The molecule has 4 aliphatic rings. The third-order valence-corrected chi connectivity index (χ3v) is 10.2. The first-order chi connectivity index (χ1) is 18.8. The number of carbonyl (C=O) groups is 4. The van der Waals surface area contributed by atoms with Crippen molar-refractivity contribution in [1.29, 1.82) is 0 Å². The van der Waals surface area contributed by atoms with Crippen LogP contribution in [-0.2, 0) is 33.4 Å². The third kappa shape index (κ3) is 5.37. The molecule has 2 heterocycles. The van der Waals surface area contributed by atoms with Gasteiger partial charge in [-0.15, -0.1) is 0 Å². The van der Waals surface area contributed by atoms with Crippen molar-refractivity contribution in [3.05, 3.63) is 0 Å². The summed E-state index contributed by atoms with van der Waals surface area (Å²) in [4.78, 5) is 54.5. The van der Waals surface area contributed by atoms with Crippen LogP contribution in [0.1, 0.15) is 128 Å². The van der Waals surface area contributed by atoms with E-state index in [1.54, 1.807) is 0 Å². The number of hydrogen-bond acceptors (Lipinski definition) is 7. The molecule has 0 aromatic carbocycles. The molecule has 0 amide bonds. The molecular formula is C30H46O9. The predicted molar refractivity (Wildman–Crippen MR) is 141 cm³/mol. The highest BCUT2D eigenvalue weighted by atomic mass is 16.6. The Balaban J connectivity index is 1.76. The number of carbonyl (C=O) groups excluding carboxylic acids is 2. The Morgan fingerprint density at radius 1 is 0.462 bits per heavy atom. The first kappa shape index (κ1) is 30.0. The lowest BCUT2D eigenvalue weighted by Crippen LogP contribution is -2.64. The van der Waals surface area contributed by atoms with E-state index in [9.17, 15) is 29.4 Å². The van der Waals surface area contributed by atoms with Gasteiger partial charge in [-0.1, -0.05) is 64.2 Å². The zero-order valence-electron chi connectivity index (χ0n) is 23.3. The Labute approximate surface area is 231 Å². The van der Waals surface area contributed by atoms with E-state index >= 15 is 0 Å². The van der Waals surface area contributed by atoms with Gasteiger partial charge in [-0.25, -0.2) is 9.59 Å². The molecule has 2 atom stereocenters. The Morgan fingerprint density at radius 2 is 0.769 bits per heavy atom. The average Bonchev–Trinajstić information content (AvgIpc) is 3.50. The highest BCUT2D eigenvalue weighted by Crippen LogP contribution is 2.53. The lowest BCUT2D eigenvalue weighted by atomic mass is 9.64. The number of ether oxygens (including phenoxy) is 3. The monoisotopic (exact) mass is 550 g/mol. The van der Waals surface area contributed by atoms with Crippen molar-refractivity contribution in [2.75, 3.05) is 13.2 Å². The summed E-state index contributed by atoms with van der Waals surface area (Å²) >= 11 is 0. The van der Waals surface area contributed by atoms with Gasteiger partial charge in [-0.3, -0.25) is 9.59 Å². The molecule has 2 saturated carbocycles. The van der Waals surface area contributed by atoms with E-state index in [2.05, 4.69) is 0 Å². The summed E-state index contributed by atoms with van der Waals surface area (Å²) in [6.45, 7) is 0.415. The molecule has 0 bridgehead atoms. The smallest absolute Gasteiger partial charge is 0.347 e. The van der Waals surface area contributed by atoms with Crippen molar-refractivity contribution in [2.45, 2.75) is 140 Å². The van der Waals surface area contributed by atoms with Gasteiger partial charge in [0, 0.05) is 13.2 Å². The quantitative estimate of drug-likeness (QED) is 0.247. The first-order valence-corrected chi connectivity index (χ1v) is 15.3. The maximum absolute atomic E-state index is 14.3. The number of aliphatic carboxylic acids is 2. The van der Waals surface area contributed by atoms with Gasteiger partial charge in [0.1, 0.15) is 10.8 Å². The van der Waals surface area contributed by atoms with Crippen molar-refractivity contribution in [3.63, 3.8) is 0 Å². The molecule has 2 saturated heterocycles. The van der Waals surface area contributed by atoms with Gasteiger partial charge in [-0.05, 0) is 64.2 Å². The Morgan fingerprint density at radius 3 is 1.10 bits per heavy atom. The largest absolute Gasteiger partial charge is 0.481 e. The van der Waals surface area contributed by atoms with Crippen molar-refractivity contribution < 1.29 is 43.6 Å². The van der Waals surface area contributed by atoms with Crippen LogP contribution >= 0.6 is 0 Å². The van der Waals surface area contributed by atoms with Gasteiger partial charge in [0.2, 0.25) is 0 Å². The molecular weight excluding hydrogens is 504 g/mol. The molecule has 2 N–H and O–H groups in total. The van der Waals surface area contributed by atoms with Gasteiger partial charge in [-0.2, -0.15) is 0 Å². The van der Waals surface area contributed by atoms with Crippen molar-refractivity contribution in [2.24, 2.45) is 10.8 Å². The summed E-state index contributed by atoms with van der Waals surface area (Å²) in [6, 6.07) is 0. The third-order valence-electron chi connectivity index (χ3n) is 10.2. The number of carboxylic acid groups (broad SMARTS) is 2. The van der Waals surface area contributed by atoms with E-state index in [1.807, 2.05) is 0 Å². The van der Waals surface area contributed by atoms with Crippen molar-refractivity contribution in [3.8, 4) is 0 Å². The van der Waals surface area contributed by atoms with E-state index in [0.29, 0.717) is 51.4 Å². The van der Waals surface area contributed by atoms with Crippen LogP contribution in [0.15, 0.2) is 0 Å². The maximum Gasteiger partial charge on any atom is 0.347 e. The predicted octanol–water partition coefficient (Wildman–Crippen LogP) is 5.57. The van der Waals surface area contributed by atoms with E-state index < -0.39 is 45.9 Å². The van der Waals surface area contributed by atoms with Crippen LogP contribution in [0, 0.1) is 10.8 Å². The second-order valence-electron chi connectivity index (χ2n) is 12.3. The summed E-state index contributed by atoms with van der Waals surface area (Å²) in [6.07, 6.45) is 11.6. The summed E-state index contributed by atoms with van der Waals surface area (Å²) < 4.78 is 18.2. The van der Waals surface area contributed by atoms with Gasteiger partial charge in [0.25, 0.3) is 0 Å². The fourth-order valence-electron chi connectivity index (χ4n) is 7.90. The molecule has 220 valence electrons. The standard InChI is InChI=1S/C30H46O9/c31-23(32)27(15-7-1-2-8-16-27)29(19-11-5-13-21-37-29)25(35)39-26(36)30(20-12-6-14-22-38-30)28(24(33)34)17-9-3-4-10-18-28/h1-22H2,(H,31,32)(H,33,34). The normalized spacial score (nSPS) is 31.9. The highest BCUT2D eigenvalue weighted by Gasteiger charge is 2.67. The first-order valence-electron chi connectivity index (χ1n) is 15.3. The molecule has 0 spiro atoms. The van der Waals surface area contributed by atoms with Crippen LogP contribution in [0.4, 0.5) is 0 Å². The lowest BCUT2D eigenvalue weighted by molar-refractivity contribution is -0.223. The highest BCUT2D eigenvalue weighted by molar-refractivity contribution is 6.00. The summed E-state index contributed by atoms with van der Waals surface area (Å²) in [5.41, 5.74) is -6.62. The molecule has 0 radical (unpaired) electrons. The van der Waals surface area contributed by atoms with E-state index in [-0.39, 0.29) is 51.7 Å². The van der Waals surface area contributed by atoms with Gasteiger partial charge >= 0.3 is 23.9 Å². The molecule has 4 fully saturated rings. The van der Waals surface area contributed by atoms with Crippen LogP contribution in [0.5, 0.6) is 0 Å². The summed E-state index contributed by atoms with van der Waals surface area (Å²) in [5.74, 6) is -4.16. The van der Waals surface area contributed by atoms with Gasteiger partial charge in [0.05, 0.1) is 0 Å². The number of rotatable bonds is 6. The number of carboxylic acids is 2. The zero-order valence-corrected chi connectivity index (χ0v) is 23.3. The molecule has 2 unspecified atom stereocenters. The molecule has 0 aromatic heterocycles. The molecule has 0 aromatic rings. The van der Waals surface area contributed by atoms with Crippen LogP contribution in [0.2, 0.25) is 0 Å².